The van der Waals surface area contributed by atoms with Crippen LogP contribution in [-0.4, -0.2) is 39.5 Å². The van der Waals surface area contributed by atoms with E-state index in [9.17, 15) is 14.4 Å². The number of benzene rings is 1. The molecule has 3 aromatic rings. The Hall–Kier alpha value is -3.20. The van der Waals surface area contributed by atoms with Gasteiger partial charge in [0.1, 0.15) is 5.82 Å². The van der Waals surface area contributed by atoms with Crippen molar-refractivity contribution in [2.75, 3.05) is 12.4 Å². The van der Waals surface area contributed by atoms with Gasteiger partial charge in [0, 0.05) is 23.2 Å². The third-order valence-electron chi connectivity index (χ3n) is 4.67. The number of carbonyl (C=O) groups is 3. The molecule has 30 heavy (non-hydrogen) atoms. The van der Waals surface area contributed by atoms with Crippen molar-refractivity contribution in [1.29, 1.82) is 0 Å². The molecule has 1 amide bonds. The van der Waals surface area contributed by atoms with Crippen LogP contribution >= 0.6 is 15.9 Å². The Labute approximate surface area is 181 Å². The Morgan fingerprint density at radius 2 is 1.97 bits per heavy atom. The first-order valence-corrected chi connectivity index (χ1v) is 9.96. The first-order chi connectivity index (χ1) is 14.3. The topological polar surface area (TPSA) is 106 Å². The molecule has 0 aliphatic rings. The highest BCUT2D eigenvalue weighted by molar-refractivity contribution is 9.10. The lowest BCUT2D eigenvalue weighted by Crippen LogP contribution is -2.19. The van der Waals surface area contributed by atoms with E-state index in [0.29, 0.717) is 23.6 Å². The van der Waals surface area contributed by atoms with Gasteiger partial charge in [0.2, 0.25) is 5.91 Å². The third kappa shape index (κ3) is 4.51. The largest absolute Gasteiger partial charge is 0.465 e. The maximum absolute atomic E-state index is 12.7. The first-order valence-electron chi connectivity index (χ1n) is 9.17. The Balaban J connectivity index is 1.80. The van der Waals surface area contributed by atoms with E-state index < -0.39 is 5.97 Å². The van der Waals surface area contributed by atoms with Gasteiger partial charge in [0.15, 0.2) is 5.78 Å². The highest BCUT2D eigenvalue weighted by atomic mass is 79.9. The number of hydrogen-bond donors (Lipinski definition) is 2. The molecule has 2 heterocycles. The predicted octanol–water partition coefficient (Wildman–Crippen LogP) is 3.50. The number of H-pyrrole nitrogens is 1. The molecule has 0 fully saturated rings. The Kier molecular flexibility index (Phi) is 6.51. The smallest absolute Gasteiger partial charge is 0.339 e. The number of rotatable bonds is 7. The van der Waals surface area contributed by atoms with Gasteiger partial charge in [-0.3, -0.25) is 9.59 Å². The van der Waals surface area contributed by atoms with Crippen molar-refractivity contribution >= 4 is 39.4 Å². The van der Waals surface area contributed by atoms with Gasteiger partial charge >= 0.3 is 5.97 Å². The maximum atomic E-state index is 12.7. The zero-order chi connectivity index (χ0) is 21.8. The van der Waals surface area contributed by atoms with E-state index in [1.165, 1.54) is 14.0 Å². The van der Waals surface area contributed by atoms with Crippen LogP contribution in [0.1, 0.15) is 44.6 Å². The Bertz CT molecular complexity index is 1120. The fraction of sp³-hybridized carbons (Fsp3) is 0.238. The average Bonchev–Trinajstić information content (AvgIpc) is 3.27. The molecule has 0 aliphatic heterocycles. The number of ketones is 1. The minimum atomic E-state index is -0.599. The van der Waals surface area contributed by atoms with Crippen LogP contribution < -0.4 is 5.32 Å². The van der Waals surface area contributed by atoms with Gasteiger partial charge in [-0.2, -0.15) is 5.10 Å². The number of Topliss-reactive ketones (excluding diaryl/α,β-unsaturated/α-hetero) is 1. The number of aromatic amines is 1. The second-order valence-electron chi connectivity index (χ2n) is 6.72. The van der Waals surface area contributed by atoms with E-state index in [1.807, 2.05) is 24.3 Å². The molecule has 0 saturated heterocycles. The quantitative estimate of drug-likeness (QED) is 0.404. The summed E-state index contributed by atoms with van der Waals surface area (Å²) in [6.07, 6.45) is 1.47. The molecular weight excluding hydrogens is 452 g/mol. The molecular formula is C21H21BrN4O4. The fourth-order valence-corrected chi connectivity index (χ4v) is 3.63. The van der Waals surface area contributed by atoms with Crippen LogP contribution in [0, 0.1) is 6.92 Å². The zero-order valence-electron chi connectivity index (χ0n) is 16.8. The molecule has 156 valence electrons. The number of methoxy groups -OCH3 is 1. The van der Waals surface area contributed by atoms with Gasteiger partial charge in [-0.05, 0) is 24.1 Å². The van der Waals surface area contributed by atoms with Gasteiger partial charge in [-0.15, -0.1) is 0 Å². The summed E-state index contributed by atoms with van der Waals surface area (Å²) in [5.41, 5.74) is 2.31. The third-order valence-corrected chi connectivity index (χ3v) is 5.44. The number of nitrogens with one attached hydrogen (secondary N) is 2. The van der Waals surface area contributed by atoms with Crippen molar-refractivity contribution < 1.29 is 19.1 Å². The molecule has 0 saturated carbocycles. The summed E-state index contributed by atoms with van der Waals surface area (Å²) in [6, 6.07) is 9.44. The number of carbonyl (C=O) groups excluding carboxylic acids is 3. The second-order valence-corrected chi connectivity index (χ2v) is 7.57. The number of ether oxygens (including phenoxy) is 1. The summed E-state index contributed by atoms with van der Waals surface area (Å²) < 4.78 is 7.42. The Morgan fingerprint density at radius 3 is 2.63 bits per heavy atom. The molecule has 0 unspecified atom stereocenters. The van der Waals surface area contributed by atoms with Crippen LogP contribution in [0.2, 0.25) is 0 Å². The number of aromatic nitrogens is 3. The summed E-state index contributed by atoms with van der Waals surface area (Å²) in [7, 11) is 1.26. The van der Waals surface area contributed by atoms with E-state index >= 15 is 0 Å². The van der Waals surface area contributed by atoms with E-state index in [4.69, 9.17) is 4.74 Å². The summed E-state index contributed by atoms with van der Waals surface area (Å²) in [6.45, 7) is 3.51. The summed E-state index contributed by atoms with van der Waals surface area (Å²) in [5.74, 6) is -0.662. The molecule has 8 nitrogen and oxygen atoms in total. The zero-order valence-corrected chi connectivity index (χ0v) is 18.4. The van der Waals surface area contributed by atoms with Crippen LogP contribution in [0.15, 0.2) is 41.0 Å². The number of esters is 1. The number of halogens is 1. The molecule has 9 heteroatoms. The predicted molar refractivity (Wildman–Crippen MR) is 115 cm³/mol. The highest BCUT2D eigenvalue weighted by Crippen LogP contribution is 2.22. The molecule has 3 rings (SSSR count). The van der Waals surface area contributed by atoms with Crippen molar-refractivity contribution in [2.24, 2.45) is 0 Å². The number of anilines is 1. The minimum absolute atomic E-state index is 0.126. The van der Waals surface area contributed by atoms with Crippen LogP contribution in [0.5, 0.6) is 0 Å². The van der Waals surface area contributed by atoms with Gasteiger partial charge in [0.05, 0.1) is 37.5 Å². The van der Waals surface area contributed by atoms with Crippen LogP contribution in [0.4, 0.5) is 5.82 Å². The first kappa shape index (κ1) is 21.5. The van der Waals surface area contributed by atoms with Gasteiger partial charge in [-0.1, -0.05) is 34.1 Å². The average molecular weight is 473 g/mol. The number of nitrogens with zero attached hydrogens (tertiary/aromatic N) is 2. The van der Waals surface area contributed by atoms with Crippen molar-refractivity contribution in [3.63, 3.8) is 0 Å². The summed E-state index contributed by atoms with van der Waals surface area (Å²) >= 11 is 3.51. The lowest BCUT2D eigenvalue weighted by Gasteiger charge is -2.10. The van der Waals surface area contributed by atoms with E-state index in [2.05, 4.69) is 31.3 Å². The normalized spacial score (nSPS) is 10.7. The molecule has 2 aromatic heterocycles. The van der Waals surface area contributed by atoms with Crippen molar-refractivity contribution in [2.45, 2.75) is 26.8 Å². The van der Waals surface area contributed by atoms with Gasteiger partial charge < -0.3 is 15.0 Å². The molecule has 0 atom stereocenters. The standard InChI is InChI=1S/C21H21BrN4O4/c1-12-19(21(29)30-3)16(24-20(12)13(2)27)10-18(28)25-17-8-9-23-26(17)11-14-6-4-5-7-15(14)22/h4-9,24H,10-11H2,1-3H3,(H,25,28). The van der Waals surface area contributed by atoms with Gasteiger partial charge in [0.25, 0.3) is 0 Å². The van der Waals surface area contributed by atoms with Crippen molar-refractivity contribution in [3.05, 3.63) is 69.1 Å². The molecule has 2 N–H and O–H groups in total. The van der Waals surface area contributed by atoms with Crippen molar-refractivity contribution in [3.8, 4) is 0 Å². The molecule has 0 spiro atoms. The number of amides is 1. The second kappa shape index (κ2) is 9.08. The highest BCUT2D eigenvalue weighted by Gasteiger charge is 2.24. The maximum Gasteiger partial charge on any atom is 0.339 e. The minimum Gasteiger partial charge on any atom is -0.465 e. The van der Waals surface area contributed by atoms with Crippen LogP contribution in [-0.2, 0) is 22.5 Å². The summed E-state index contributed by atoms with van der Waals surface area (Å²) in [5, 5.41) is 7.08. The molecule has 1 aromatic carbocycles. The van der Waals surface area contributed by atoms with Crippen LogP contribution in [0.3, 0.4) is 0 Å². The lowest BCUT2D eigenvalue weighted by atomic mass is 10.1. The SMILES string of the molecule is COC(=O)c1c(CC(=O)Nc2ccnn2Cc2ccccc2Br)[nH]c(C(C)=O)c1C. The fourth-order valence-electron chi connectivity index (χ4n) is 3.22. The lowest BCUT2D eigenvalue weighted by molar-refractivity contribution is -0.115. The molecule has 0 radical (unpaired) electrons. The Morgan fingerprint density at radius 1 is 1.23 bits per heavy atom. The van der Waals surface area contributed by atoms with E-state index in [1.54, 1.807) is 23.9 Å². The molecule has 0 aliphatic carbocycles. The summed E-state index contributed by atoms with van der Waals surface area (Å²) in [4.78, 5) is 39.6. The van der Waals surface area contributed by atoms with E-state index in [-0.39, 0.29) is 29.4 Å². The number of hydrogen-bond acceptors (Lipinski definition) is 5. The van der Waals surface area contributed by atoms with Crippen molar-refractivity contribution in [1.82, 2.24) is 14.8 Å². The van der Waals surface area contributed by atoms with E-state index in [0.717, 1.165) is 10.0 Å². The van der Waals surface area contributed by atoms with Crippen LogP contribution in [0.25, 0.3) is 0 Å². The van der Waals surface area contributed by atoms with Gasteiger partial charge in [-0.25, -0.2) is 9.48 Å². The molecule has 0 bridgehead atoms. The monoisotopic (exact) mass is 472 g/mol.